The largest absolute Gasteiger partial charge is 0.340 e. The summed E-state index contributed by atoms with van der Waals surface area (Å²) in [6.07, 6.45) is 9.35. The lowest BCUT2D eigenvalue weighted by molar-refractivity contribution is -0.134. The Hall–Kier alpha value is -0.570. The van der Waals surface area contributed by atoms with Gasteiger partial charge in [-0.1, -0.05) is 19.8 Å². The molecule has 0 radical (unpaired) electrons. The molecule has 104 valence electrons. The lowest BCUT2D eigenvalue weighted by Gasteiger charge is -2.31. The highest BCUT2D eigenvalue weighted by Crippen LogP contribution is 2.22. The highest BCUT2D eigenvalue weighted by molar-refractivity contribution is 5.76. The maximum atomic E-state index is 12.5. The van der Waals surface area contributed by atoms with Gasteiger partial charge >= 0.3 is 0 Å². The Balaban J connectivity index is 1.88. The van der Waals surface area contributed by atoms with Crippen molar-refractivity contribution < 1.29 is 4.79 Å². The molecule has 0 spiro atoms. The molecule has 2 rings (SSSR count). The second-order valence-corrected chi connectivity index (χ2v) is 5.92. The first-order valence-electron chi connectivity index (χ1n) is 7.81. The maximum Gasteiger partial charge on any atom is 0.223 e. The average molecular weight is 252 g/mol. The lowest BCUT2D eigenvalue weighted by atomic mass is 9.95. The summed E-state index contributed by atoms with van der Waals surface area (Å²) in [7, 11) is 0. The summed E-state index contributed by atoms with van der Waals surface area (Å²) in [6, 6.07) is 0.511. The van der Waals surface area contributed by atoms with Crippen LogP contribution in [0.1, 0.15) is 58.3 Å². The second kappa shape index (κ2) is 7.13. The van der Waals surface area contributed by atoms with Gasteiger partial charge in [-0.3, -0.25) is 4.79 Å². The van der Waals surface area contributed by atoms with Gasteiger partial charge in [0, 0.05) is 19.0 Å². The quantitative estimate of drug-likeness (QED) is 0.837. The van der Waals surface area contributed by atoms with E-state index in [1.54, 1.807) is 0 Å². The molecule has 3 nitrogen and oxygen atoms in total. The summed E-state index contributed by atoms with van der Waals surface area (Å²) >= 11 is 0. The Kier molecular flexibility index (Phi) is 5.48. The van der Waals surface area contributed by atoms with Crippen molar-refractivity contribution in [1.29, 1.82) is 0 Å². The van der Waals surface area contributed by atoms with Crippen LogP contribution in [0.2, 0.25) is 0 Å². The number of rotatable bonds is 3. The van der Waals surface area contributed by atoms with Crippen molar-refractivity contribution in [2.24, 2.45) is 5.92 Å². The zero-order valence-electron chi connectivity index (χ0n) is 11.8. The Bertz CT molecular complexity index is 261. The minimum Gasteiger partial charge on any atom is -0.340 e. The number of amides is 1. The van der Waals surface area contributed by atoms with E-state index in [-0.39, 0.29) is 0 Å². The first-order chi connectivity index (χ1) is 8.81. The molecule has 2 fully saturated rings. The number of nitrogens with zero attached hydrogens (tertiary/aromatic N) is 1. The standard InChI is InChI=1S/C15H28N2O/c1-2-14-8-4-3-5-10-17(14)15(18)11-13-7-6-9-16-12-13/h13-14,16H,2-12H2,1H3. The normalized spacial score (nSPS) is 29.9. The maximum absolute atomic E-state index is 12.5. The van der Waals surface area contributed by atoms with Crippen molar-refractivity contribution in [1.82, 2.24) is 10.2 Å². The number of nitrogens with one attached hydrogen (secondary N) is 1. The fourth-order valence-corrected chi connectivity index (χ4v) is 3.39. The van der Waals surface area contributed by atoms with Crippen LogP contribution in [0.4, 0.5) is 0 Å². The molecule has 2 aliphatic heterocycles. The van der Waals surface area contributed by atoms with Gasteiger partial charge in [0.25, 0.3) is 0 Å². The van der Waals surface area contributed by atoms with Gasteiger partial charge < -0.3 is 10.2 Å². The minimum atomic E-state index is 0.414. The van der Waals surface area contributed by atoms with Gasteiger partial charge in [0.1, 0.15) is 0 Å². The predicted molar refractivity (Wildman–Crippen MR) is 74.5 cm³/mol. The summed E-state index contributed by atoms with van der Waals surface area (Å²) in [5.74, 6) is 0.990. The van der Waals surface area contributed by atoms with Crippen LogP contribution in [-0.2, 0) is 4.79 Å². The van der Waals surface area contributed by atoms with Gasteiger partial charge in [0.05, 0.1) is 0 Å². The van der Waals surface area contributed by atoms with E-state index in [0.717, 1.165) is 32.5 Å². The molecule has 2 saturated heterocycles. The molecule has 0 aromatic carbocycles. The van der Waals surface area contributed by atoms with Gasteiger partial charge in [-0.15, -0.1) is 0 Å². The minimum absolute atomic E-state index is 0.414. The van der Waals surface area contributed by atoms with E-state index >= 15 is 0 Å². The third kappa shape index (κ3) is 3.71. The van der Waals surface area contributed by atoms with Gasteiger partial charge in [0.2, 0.25) is 5.91 Å². The summed E-state index contributed by atoms with van der Waals surface area (Å²) in [4.78, 5) is 14.7. The predicted octanol–water partition coefficient (Wildman–Crippen LogP) is 2.56. The highest BCUT2D eigenvalue weighted by Gasteiger charge is 2.26. The van der Waals surface area contributed by atoms with E-state index in [1.807, 2.05) is 0 Å². The van der Waals surface area contributed by atoms with Crippen molar-refractivity contribution >= 4 is 5.91 Å². The Morgan fingerprint density at radius 3 is 2.83 bits per heavy atom. The molecule has 0 saturated carbocycles. The molecule has 0 bridgehead atoms. The zero-order valence-corrected chi connectivity index (χ0v) is 11.8. The van der Waals surface area contributed by atoms with Crippen molar-refractivity contribution in [2.45, 2.75) is 64.3 Å². The zero-order chi connectivity index (χ0) is 12.8. The van der Waals surface area contributed by atoms with Crippen LogP contribution in [-0.4, -0.2) is 36.5 Å². The monoisotopic (exact) mass is 252 g/mol. The molecule has 2 atom stereocenters. The van der Waals surface area contributed by atoms with E-state index < -0.39 is 0 Å². The third-order valence-corrected chi connectivity index (χ3v) is 4.53. The average Bonchev–Trinajstić information content (AvgIpc) is 2.64. The number of hydrogen-bond acceptors (Lipinski definition) is 2. The van der Waals surface area contributed by atoms with Crippen LogP contribution in [0.15, 0.2) is 0 Å². The molecule has 2 unspecified atom stereocenters. The van der Waals surface area contributed by atoms with Crippen LogP contribution in [0.25, 0.3) is 0 Å². The number of piperidine rings is 1. The van der Waals surface area contributed by atoms with Crippen LogP contribution in [0.3, 0.4) is 0 Å². The van der Waals surface area contributed by atoms with Gasteiger partial charge in [-0.2, -0.15) is 0 Å². The van der Waals surface area contributed by atoms with Crippen LogP contribution >= 0.6 is 0 Å². The summed E-state index contributed by atoms with van der Waals surface area (Å²) in [5.41, 5.74) is 0. The number of carbonyl (C=O) groups is 1. The molecule has 0 aromatic heterocycles. The van der Waals surface area contributed by atoms with E-state index in [9.17, 15) is 4.79 Å². The highest BCUT2D eigenvalue weighted by atomic mass is 16.2. The summed E-state index contributed by atoms with van der Waals surface area (Å²) in [5, 5.41) is 3.41. The van der Waals surface area contributed by atoms with Crippen molar-refractivity contribution in [3.05, 3.63) is 0 Å². The fraction of sp³-hybridized carbons (Fsp3) is 0.933. The van der Waals surface area contributed by atoms with Gasteiger partial charge in [0.15, 0.2) is 0 Å². The van der Waals surface area contributed by atoms with Gasteiger partial charge in [-0.05, 0) is 51.1 Å². The van der Waals surface area contributed by atoms with E-state index in [0.29, 0.717) is 17.9 Å². The molecule has 18 heavy (non-hydrogen) atoms. The molecule has 2 heterocycles. The SMILES string of the molecule is CCC1CCCCCN1C(=O)CC1CCCNC1. The second-order valence-electron chi connectivity index (χ2n) is 5.92. The Morgan fingerprint density at radius 1 is 1.22 bits per heavy atom. The van der Waals surface area contributed by atoms with Crippen molar-refractivity contribution in [3.63, 3.8) is 0 Å². The molecule has 2 aliphatic rings. The van der Waals surface area contributed by atoms with Gasteiger partial charge in [-0.25, -0.2) is 0 Å². The lowest BCUT2D eigenvalue weighted by Crippen LogP contribution is -2.42. The fourth-order valence-electron chi connectivity index (χ4n) is 3.39. The molecular formula is C15H28N2O. The van der Waals surface area contributed by atoms with E-state index in [4.69, 9.17) is 0 Å². The number of likely N-dealkylation sites (tertiary alicyclic amines) is 1. The number of hydrogen-bond donors (Lipinski definition) is 1. The van der Waals surface area contributed by atoms with Crippen LogP contribution in [0.5, 0.6) is 0 Å². The van der Waals surface area contributed by atoms with Crippen molar-refractivity contribution in [3.8, 4) is 0 Å². The molecule has 0 aromatic rings. The number of carbonyl (C=O) groups excluding carboxylic acids is 1. The van der Waals surface area contributed by atoms with Crippen LogP contribution in [0, 0.1) is 5.92 Å². The van der Waals surface area contributed by atoms with E-state index in [1.165, 1.54) is 38.5 Å². The molecule has 1 amide bonds. The van der Waals surface area contributed by atoms with Crippen molar-refractivity contribution in [2.75, 3.05) is 19.6 Å². The molecular weight excluding hydrogens is 224 g/mol. The molecule has 0 aliphatic carbocycles. The first kappa shape index (κ1) is 13.9. The molecule has 3 heteroatoms. The Labute approximate surface area is 111 Å². The third-order valence-electron chi connectivity index (χ3n) is 4.53. The first-order valence-corrected chi connectivity index (χ1v) is 7.81. The smallest absolute Gasteiger partial charge is 0.223 e. The summed E-state index contributed by atoms with van der Waals surface area (Å²) in [6.45, 7) is 5.39. The molecule has 1 N–H and O–H groups in total. The van der Waals surface area contributed by atoms with Crippen LogP contribution < -0.4 is 5.32 Å². The van der Waals surface area contributed by atoms with E-state index in [2.05, 4.69) is 17.1 Å². The topological polar surface area (TPSA) is 32.3 Å². The summed E-state index contributed by atoms with van der Waals surface area (Å²) < 4.78 is 0. The Morgan fingerprint density at radius 2 is 2.11 bits per heavy atom.